The van der Waals surface area contributed by atoms with Crippen LogP contribution in [0.4, 0.5) is 4.39 Å². The Kier molecular flexibility index (Phi) is 1.02. The largest absolute Gasteiger partial charge is 0.354 e. The van der Waals surface area contributed by atoms with Crippen molar-refractivity contribution in [2.75, 3.05) is 0 Å². The normalized spacial score (nSPS) is 20.7. The van der Waals surface area contributed by atoms with Crippen LogP contribution in [-0.4, -0.2) is 0 Å². The van der Waals surface area contributed by atoms with Gasteiger partial charge < -0.3 is 5.32 Å². The van der Waals surface area contributed by atoms with Gasteiger partial charge in [0.15, 0.2) is 0 Å². The molecule has 1 nitrogen and oxygen atoms in total. The van der Waals surface area contributed by atoms with E-state index in [0.29, 0.717) is 6.42 Å². The SMILES string of the molecule is FC1=CCC2=C=CNC2=C1. The van der Waals surface area contributed by atoms with E-state index in [4.69, 9.17) is 0 Å². The Morgan fingerprint density at radius 1 is 1.60 bits per heavy atom. The monoisotopic (exact) mass is 135 g/mol. The molecule has 0 saturated carbocycles. The van der Waals surface area contributed by atoms with Crippen molar-refractivity contribution in [2.24, 2.45) is 0 Å². The van der Waals surface area contributed by atoms with Gasteiger partial charge in [0, 0.05) is 18.2 Å². The van der Waals surface area contributed by atoms with E-state index in [2.05, 4.69) is 11.0 Å². The molecule has 0 radical (unpaired) electrons. The van der Waals surface area contributed by atoms with Crippen LogP contribution in [0.3, 0.4) is 0 Å². The van der Waals surface area contributed by atoms with Gasteiger partial charge in [-0.25, -0.2) is 4.39 Å². The lowest BCUT2D eigenvalue weighted by Crippen LogP contribution is -2.04. The maximum absolute atomic E-state index is 12.5. The van der Waals surface area contributed by atoms with Crippen molar-refractivity contribution in [1.29, 1.82) is 0 Å². The van der Waals surface area contributed by atoms with Crippen molar-refractivity contribution in [3.05, 3.63) is 41.2 Å². The quantitative estimate of drug-likeness (QED) is 0.499. The van der Waals surface area contributed by atoms with Crippen LogP contribution in [0.1, 0.15) is 6.42 Å². The first-order valence-electron chi connectivity index (χ1n) is 3.14. The number of hydrogen-bond acceptors (Lipinski definition) is 1. The van der Waals surface area contributed by atoms with Crippen molar-refractivity contribution >= 4 is 0 Å². The number of fused-ring (bicyclic) bond motifs is 1. The summed E-state index contributed by atoms with van der Waals surface area (Å²) >= 11 is 0. The molecule has 10 heavy (non-hydrogen) atoms. The Bertz CT molecular complexity index is 290. The molecule has 2 rings (SSSR count). The second kappa shape index (κ2) is 1.86. The predicted molar refractivity (Wildman–Crippen MR) is 36.6 cm³/mol. The lowest BCUT2D eigenvalue weighted by molar-refractivity contribution is 0.655. The third-order valence-corrected chi connectivity index (χ3v) is 1.58. The summed E-state index contributed by atoms with van der Waals surface area (Å²) < 4.78 is 12.5. The number of allylic oxidation sites excluding steroid dienone is 4. The highest BCUT2D eigenvalue weighted by Gasteiger charge is 2.11. The molecule has 0 aromatic rings. The Hall–Kier alpha value is -1.27. The van der Waals surface area contributed by atoms with Crippen molar-refractivity contribution in [3.63, 3.8) is 0 Å². The molecule has 0 unspecified atom stereocenters. The molecule has 0 amide bonds. The first kappa shape index (κ1) is 5.51. The Labute approximate surface area is 58.2 Å². The summed E-state index contributed by atoms with van der Waals surface area (Å²) in [6.45, 7) is 0. The molecule has 0 aromatic carbocycles. The lowest BCUT2D eigenvalue weighted by Gasteiger charge is -2.06. The van der Waals surface area contributed by atoms with Gasteiger partial charge in [0.2, 0.25) is 0 Å². The van der Waals surface area contributed by atoms with Crippen LogP contribution in [0.2, 0.25) is 0 Å². The van der Waals surface area contributed by atoms with Crippen molar-refractivity contribution in [1.82, 2.24) is 5.32 Å². The Morgan fingerprint density at radius 3 is 3.40 bits per heavy atom. The summed E-state index contributed by atoms with van der Waals surface area (Å²) in [4.78, 5) is 0. The van der Waals surface area contributed by atoms with Gasteiger partial charge in [-0.3, -0.25) is 0 Å². The zero-order chi connectivity index (χ0) is 6.97. The van der Waals surface area contributed by atoms with E-state index in [1.54, 1.807) is 12.3 Å². The molecule has 0 atom stereocenters. The summed E-state index contributed by atoms with van der Waals surface area (Å²) in [5, 5.41) is 2.90. The first-order valence-corrected chi connectivity index (χ1v) is 3.14. The third-order valence-electron chi connectivity index (χ3n) is 1.58. The van der Waals surface area contributed by atoms with Gasteiger partial charge in [-0.15, -0.1) is 0 Å². The van der Waals surface area contributed by atoms with Crippen LogP contribution >= 0.6 is 0 Å². The third kappa shape index (κ3) is 0.703. The van der Waals surface area contributed by atoms with Crippen LogP contribution in [0, 0.1) is 0 Å². The van der Waals surface area contributed by atoms with E-state index in [0.717, 1.165) is 11.3 Å². The minimum atomic E-state index is -0.164. The molecule has 1 N–H and O–H groups in total. The topological polar surface area (TPSA) is 12.0 Å². The van der Waals surface area contributed by atoms with Crippen LogP contribution in [0.5, 0.6) is 0 Å². The molecule has 0 bridgehead atoms. The van der Waals surface area contributed by atoms with Gasteiger partial charge >= 0.3 is 0 Å². The predicted octanol–water partition coefficient (Wildman–Crippen LogP) is 1.77. The molecule has 1 aliphatic heterocycles. The summed E-state index contributed by atoms with van der Waals surface area (Å²) in [7, 11) is 0. The van der Waals surface area contributed by atoms with Gasteiger partial charge in [0.1, 0.15) is 5.83 Å². The van der Waals surface area contributed by atoms with Crippen molar-refractivity contribution < 1.29 is 4.39 Å². The minimum Gasteiger partial charge on any atom is -0.354 e. The summed E-state index contributed by atoms with van der Waals surface area (Å²) in [5.41, 5.74) is 4.87. The fourth-order valence-corrected chi connectivity index (χ4v) is 1.06. The van der Waals surface area contributed by atoms with E-state index >= 15 is 0 Å². The van der Waals surface area contributed by atoms with Gasteiger partial charge in [-0.05, 0) is 12.2 Å². The standard InChI is InChI=1S/C8H6FN/c9-7-2-1-6-3-4-10-8(6)5-7/h2,4-5,10H,1H2. The molecular formula is C8H6FN. The second-order valence-electron chi connectivity index (χ2n) is 2.26. The second-order valence-corrected chi connectivity index (χ2v) is 2.26. The molecule has 1 heterocycles. The van der Waals surface area contributed by atoms with Crippen LogP contribution in [-0.2, 0) is 0 Å². The smallest absolute Gasteiger partial charge is 0.121 e. The van der Waals surface area contributed by atoms with Crippen molar-refractivity contribution in [3.8, 4) is 0 Å². The highest BCUT2D eigenvalue weighted by atomic mass is 19.1. The Balaban J connectivity index is 2.42. The average Bonchev–Trinajstić information content (AvgIpc) is 2.33. The maximum atomic E-state index is 12.5. The molecule has 2 aliphatic rings. The van der Waals surface area contributed by atoms with Gasteiger partial charge in [0.05, 0.1) is 5.70 Å². The molecule has 1 aliphatic carbocycles. The van der Waals surface area contributed by atoms with Gasteiger partial charge in [0.25, 0.3) is 0 Å². The summed E-state index contributed by atoms with van der Waals surface area (Å²) in [6.07, 6.45) is 5.39. The lowest BCUT2D eigenvalue weighted by atomic mass is 10.1. The molecule has 50 valence electrons. The summed E-state index contributed by atoms with van der Waals surface area (Å²) in [6, 6.07) is 0. The molecule has 0 saturated heterocycles. The van der Waals surface area contributed by atoms with Crippen LogP contribution in [0.15, 0.2) is 41.2 Å². The van der Waals surface area contributed by atoms with E-state index in [-0.39, 0.29) is 5.83 Å². The molecule has 0 fully saturated rings. The maximum Gasteiger partial charge on any atom is 0.121 e. The number of rotatable bonds is 0. The average molecular weight is 135 g/mol. The fourth-order valence-electron chi connectivity index (χ4n) is 1.06. The molecular weight excluding hydrogens is 129 g/mol. The highest BCUT2D eigenvalue weighted by molar-refractivity contribution is 5.43. The summed E-state index contributed by atoms with van der Waals surface area (Å²) in [5.74, 6) is -0.164. The molecule has 0 aromatic heterocycles. The van der Waals surface area contributed by atoms with E-state index < -0.39 is 0 Å². The molecule has 0 spiro atoms. The molecule has 2 heteroatoms. The van der Waals surface area contributed by atoms with Gasteiger partial charge in [-0.1, -0.05) is 5.73 Å². The first-order chi connectivity index (χ1) is 4.86. The van der Waals surface area contributed by atoms with Crippen molar-refractivity contribution in [2.45, 2.75) is 6.42 Å². The van der Waals surface area contributed by atoms with Gasteiger partial charge in [-0.2, -0.15) is 0 Å². The van der Waals surface area contributed by atoms with E-state index in [9.17, 15) is 4.39 Å². The van der Waals surface area contributed by atoms with E-state index in [1.165, 1.54) is 6.08 Å². The van der Waals surface area contributed by atoms with Crippen LogP contribution < -0.4 is 5.32 Å². The number of halogens is 1. The number of nitrogens with one attached hydrogen (secondary N) is 1. The van der Waals surface area contributed by atoms with Crippen LogP contribution in [0.25, 0.3) is 0 Å². The minimum absolute atomic E-state index is 0.164. The Morgan fingerprint density at radius 2 is 2.50 bits per heavy atom. The fraction of sp³-hybridized carbons (Fsp3) is 0.125. The zero-order valence-corrected chi connectivity index (χ0v) is 5.32. The zero-order valence-electron chi connectivity index (χ0n) is 5.32. The highest BCUT2D eigenvalue weighted by Crippen LogP contribution is 2.23. The van der Waals surface area contributed by atoms with E-state index in [1.807, 2.05) is 0 Å². The number of hydrogen-bond donors (Lipinski definition) is 1.